The minimum absolute atomic E-state index is 0.577. The summed E-state index contributed by atoms with van der Waals surface area (Å²) in [5, 5.41) is 3.98. The maximum atomic E-state index is 5.53. The first-order valence-electron chi connectivity index (χ1n) is 6.32. The van der Waals surface area contributed by atoms with Crippen molar-refractivity contribution in [2.24, 2.45) is 11.7 Å². The van der Waals surface area contributed by atoms with Crippen molar-refractivity contribution in [3.63, 3.8) is 0 Å². The van der Waals surface area contributed by atoms with Crippen LogP contribution in [0.3, 0.4) is 0 Å². The molecule has 2 N–H and O–H groups in total. The average Bonchev–Trinajstić information content (AvgIpc) is 2.85. The Balaban J connectivity index is 1.99. The van der Waals surface area contributed by atoms with Crippen molar-refractivity contribution in [1.82, 2.24) is 15.1 Å². The highest BCUT2D eigenvalue weighted by Crippen LogP contribution is 2.19. The van der Waals surface area contributed by atoms with Gasteiger partial charge in [-0.3, -0.25) is 4.98 Å². The molecule has 2 rings (SSSR count). The lowest BCUT2D eigenvalue weighted by molar-refractivity contribution is 0.362. The van der Waals surface area contributed by atoms with Gasteiger partial charge in [-0.15, -0.1) is 0 Å². The van der Waals surface area contributed by atoms with E-state index in [4.69, 9.17) is 10.3 Å². The van der Waals surface area contributed by atoms with Crippen LogP contribution < -0.4 is 5.73 Å². The predicted octanol–water partition coefficient (Wildman–Crippen LogP) is 2.81. The van der Waals surface area contributed by atoms with Crippen LogP contribution in [0, 0.1) is 5.92 Å². The zero-order chi connectivity index (χ0) is 13.7. The van der Waals surface area contributed by atoms with Crippen LogP contribution in [-0.4, -0.2) is 21.7 Å². The number of aromatic nitrogens is 3. The van der Waals surface area contributed by atoms with E-state index in [1.165, 1.54) is 0 Å². The van der Waals surface area contributed by atoms with Gasteiger partial charge in [0.25, 0.3) is 0 Å². The van der Waals surface area contributed by atoms with Crippen molar-refractivity contribution in [1.29, 1.82) is 0 Å². The van der Waals surface area contributed by atoms with E-state index < -0.39 is 0 Å². The number of hydrogen-bond acceptors (Lipinski definition) is 5. The van der Waals surface area contributed by atoms with Gasteiger partial charge in [-0.1, -0.05) is 12.1 Å². The van der Waals surface area contributed by atoms with Gasteiger partial charge >= 0.3 is 0 Å². The van der Waals surface area contributed by atoms with Crippen molar-refractivity contribution in [3.8, 4) is 11.4 Å². The van der Waals surface area contributed by atoms with Crippen LogP contribution in [0.15, 0.2) is 27.5 Å². The molecule has 0 aliphatic rings. The van der Waals surface area contributed by atoms with E-state index in [1.54, 1.807) is 12.4 Å². The Morgan fingerprint density at radius 3 is 2.95 bits per heavy atom. The molecule has 19 heavy (non-hydrogen) atoms. The van der Waals surface area contributed by atoms with Crippen LogP contribution in [0.4, 0.5) is 0 Å². The third-order valence-electron chi connectivity index (χ3n) is 2.94. The molecule has 2 heterocycles. The summed E-state index contributed by atoms with van der Waals surface area (Å²) in [4.78, 5) is 8.47. The minimum Gasteiger partial charge on any atom is -0.339 e. The van der Waals surface area contributed by atoms with Crippen LogP contribution in [0.25, 0.3) is 11.4 Å². The standard InChI is InChI=1S/C13H17BrN4O/c1-9(4-5-15)2-3-12-17-13(18-19-12)10-6-11(14)8-16-7-10/h6-9H,2-5,15H2,1H3. The summed E-state index contributed by atoms with van der Waals surface area (Å²) >= 11 is 3.37. The van der Waals surface area contributed by atoms with Gasteiger partial charge in [0.15, 0.2) is 0 Å². The lowest BCUT2D eigenvalue weighted by atomic mass is 10.0. The molecule has 0 aliphatic carbocycles. The lowest BCUT2D eigenvalue weighted by Crippen LogP contribution is -2.06. The Morgan fingerprint density at radius 1 is 1.37 bits per heavy atom. The van der Waals surface area contributed by atoms with Crippen molar-refractivity contribution >= 4 is 15.9 Å². The smallest absolute Gasteiger partial charge is 0.226 e. The maximum absolute atomic E-state index is 5.53. The molecule has 0 saturated heterocycles. The first-order chi connectivity index (χ1) is 9.19. The Morgan fingerprint density at radius 2 is 2.21 bits per heavy atom. The summed E-state index contributed by atoms with van der Waals surface area (Å²) in [5.41, 5.74) is 6.38. The summed E-state index contributed by atoms with van der Waals surface area (Å²) in [5.74, 6) is 1.82. The molecule has 0 aliphatic heterocycles. The van der Waals surface area contributed by atoms with Gasteiger partial charge in [0.05, 0.1) is 0 Å². The van der Waals surface area contributed by atoms with Crippen molar-refractivity contribution in [2.75, 3.05) is 6.54 Å². The van der Waals surface area contributed by atoms with E-state index in [-0.39, 0.29) is 0 Å². The highest BCUT2D eigenvalue weighted by molar-refractivity contribution is 9.10. The summed E-state index contributed by atoms with van der Waals surface area (Å²) < 4.78 is 6.15. The van der Waals surface area contributed by atoms with E-state index in [9.17, 15) is 0 Å². The molecule has 2 aromatic heterocycles. The van der Waals surface area contributed by atoms with Gasteiger partial charge in [0.2, 0.25) is 11.7 Å². The van der Waals surface area contributed by atoms with E-state index in [1.807, 2.05) is 6.07 Å². The molecule has 6 heteroatoms. The third kappa shape index (κ3) is 4.11. The topological polar surface area (TPSA) is 77.8 Å². The summed E-state index contributed by atoms with van der Waals surface area (Å²) in [7, 11) is 0. The molecule has 0 bridgehead atoms. The average molecular weight is 325 g/mol. The van der Waals surface area contributed by atoms with Gasteiger partial charge in [-0.2, -0.15) is 4.98 Å². The predicted molar refractivity (Wildman–Crippen MR) is 76.4 cm³/mol. The Labute approximate surface area is 120 Å². The van der Waals surface area contributed by atoms with E-state index >= 15 is 0 Å². The Bertz CT molecular complexity index is 529. The largest absolute Gasteiger partial charge is 0.339 e. The zero-order valence-corrected chi connectivity index (χ0v) is 12.4. The molecule has 102 valence electrons. The molecule has 0 saturated carbocycles. The van der Waals surface area contributed by atoms with Crippen LogP contribution in [0.2, 0.25) is 0 Å². The van der Waals surface area contributed by atoms with Crippen LogP contribution in [-0.2, 0) is 6.42 Å². The van der Waals surface area contributed by atoms with E-state index in [2.05, 4.69) is 38.0 Å². The molecule has 0 spiro atoms. The van der Waals surface area contributed by atoms with Crippen LogP contribution in [0.5, 0.6) is 0 Å². The second-order valence-electron chi connectivity index (χ2n) is 4.62. The second-order valence-corrected chi connectivity index (χ2v) is 5.54. The summed E-state index contributed by atoms with van der Waals surface area (Å²) in [6, 6.07) is 1.92. The van der Waals surface area contributed by atoms with Crippen molar-refractivity contribution < 1.29 is 4.52 Å². The normalized spacial score (nSPS) is 12.6. The molecule has 1 unspecified atom stereocenters. The number of halogens is 1. The fourth-order valence-electron chi connectivity index (χ4n) is 1.81. The molecule has 5 nitrogen and oxygen atoms in total. The van der Waals surface area contributed by atoms with E-state index in [0.717, 1.165) is 35.8 Å². The van der Waals surface area contributed by atoms with Crippen molar-refractivity contribution in [3.05, 3.63) is 28.8 Å². The lowest BCUT2D eigenvalue weighted by Gasteiger charge is -2.06. The SMILES string of the molecule is CC(CCN)CCc1nc(-c2cncc(Br)c2)no1. The summed E-state index contributed by atoms with van der Waals surface area (Å²) in [6.07, 6.45) is 6.26. The Kier molecular flexibility index (Phi) is 5.04. The highest BCUT2D eigenvalue weighted by atomic mass is 79.9. The molecular formula is C13H17BrN4O. The monoisotopic (exact) mass is 324 g/mol. The van der Waals surface area contributed by atoms with Gasteiger partial charge in [0, 0.05) is 28.9 Å². The molecule has 0 aromatic carbocycles. The van der Waals surface area contributed by atoms with Gasteiger partial charge in [0.1, 0.15) is 0 Å². The molecule has 1 atom stereocenters. The quantitative estimate of drug-likeness (QED) is 0.883. The number of rotatable bonds is 6. The molecular weight excluding hydrogens is 308 g/mol. The first-order valence-corrected chi connectivity index (χ1v) is 7.12. The molecule has 0 amide bonds. The van der Waals surface area contributed by atoms with Crippen LogP contribution in [0.1, 0.15) is 25.7 Å². The number of hydrogen-bond donors (Lipinski definition) is 1. The molecule has 2 aromatic rings. The Hall–Kier alpha value is -1.27. The number of pyridine rings is 1. The molecule has 0 fully saturated rings. The fraction of sp³-hybridized carbons (Fsp3) is 0.462. The number of nitrogens with zero attached hydrogens (tertiary/aromatic N) is 3. The van der Waals surface area contributed by atoms with Crippen LogP contribution >= 0.6 is 15.9 Å². The van der Waals surface area contributed by atoms with Gasteiger partial charge in [-0.05, 0) is 47.3 Å². The molecule has 0 radical (unpaired) electrons. The van der Waals surface area contributed by atoms with E-state index in [0.29, 0.717) is 17.6 Å². The number of aryl methyl sites for hydroxylation is 1. The van der Waals surface area contributed by atoms with Crippen molar-refractivity contribution in [2.45, 2.75) is 26.2 Å². The number of nitrogens with two attached hydrogens (primary N) is 1. The maximum Gasteiger partial charge on any atom is 0.226 e. The summed E-state index contributed by atoms with van der Waals surface area (Å²) in [6.45, 7) is 2.91. The first kappa shape index (κ1) is 14.1. The highest BCUT2D eigenvalue weighted by Gasteiger charge is 2.10. The van der Waals surface area contributed by atoms with Gasteiger partial charge < -0.3 is 10.3 Å². The fourth-order valence-corrected chi connectivity index (χ4v) is 2.17. The zero-order valence-electron chi connectivity index (χ0n) is 10.8. The minimum atomic E-state index is 0.577. The van der Waals surface area contributed by atoms with Gasteiger partial charge in [-0.25, -0.2) is 0 Å². The third-order valence-corrected chi connectivity index (χ3v) is 3.38. The second kappa shape index (κ2) is 6.77.